The summed E-state index contributed by atoms with van der Waals surface area (Å²) >= 11 is 0. The summed E-state index contributed by atoms with van der Waals surface area (Å²) in [4.78, 5) is 0. The SMILES string of the molecule is CCCCCCCCCCC(CCCC)S(=O)(=O)O. The fourth-order valence-electron chi connectivity index (χ4n) is 2.38. The molecular formula is C15H32O3S. The van der Waals surface area contributed by atoms with Crippen molar-refractivity contribution in [2.45, 2.75) is 96.1 Å². The van der Waals surface area contributed by atoms with Crippen molar-refractivity contribution in [1.82, 2.24) is 0 Å². The van der Waals surface area contributed by atoms with Crippen LogP contribution in [0, 0.1) is 0 Å². The average Bonchev–Trinajstić information content (AvgIpc) is 2.34. The Morgan fingerprint density at radius 2 is 1.16 bits per heavy atom. The molecule has 1 atom stereocenters. The third-order valence-corrected chi connectivity index (χ3v) is 4.99. The normalized spacial score (nSPS) is 13.6. The van der Waals surface area contributed by atoms with Gasteiger partial charge in [0.05, 0.1) is 5.25 Å². The van der Waals surface area contributed by atoms with Gasteiger partial charge in [-0.25, -0.2) is 0 Å². The van der Waals surface area contributed by atoms with Gasteiger partial charge in [0.25, 0.3) is 10.1 Å². The van der Waals surface area contributed by atoms with Gasteiger partial charge >= 0.3 is 0 Å². The summed E-state index contributed by atoms with van der Waals surface area (Å²) < 4.78 is 31.6. The van der Waals surface area contributed by atoms with Gasteiger partial charge in [-0.05, 0) is 12.8 Å². The molecule has 0 aromatic rings. The maximum atomic E-state index is 11.2. The van der Waals surface area contributed by atoms with Crippen molar-refractivity contribution in [2.24, 2.45) is 0 Å². The molecule has 0 heterocycles. The Labute approximate surface area is 119 Å². The van der Waals surface area contributed by atoms with E-state index in [2.05, 4.69) is 6.92 Å². The van der Waals surface area contributed by atoms with E-state index in [4.69, 9.17) is 0 Å². The molecule has 116 valence electrons. The van der Waals surface area contributed by atoms with E-state index in [0.29, 0.717) is 12.8 Å². The van der Waals surface area contributed by atoms with Gasteiger partial charge in [-0.1, -0.05) is 78.1 Å². The van der Waals surface area contributed by atoms with Gasteiger partial charge in [0.1, 0.15) is 0 Å². The summed E-state index contributed by atoms with van der Waals surface area (Å²) in [6, 6.07) is 0. The minimum Gasteiger partial charge on any atom is -0.285 e. The summed E-state index contributed by atoms with van der Waals surface area (Å²) in [5, 5.41) is -0.535. The molecule has 0 rings (SSSR count). The lowest BCUT2D eigenvalue weighted by molar-refractivity contribution is 0.445. The zero-order chi connectivity index (χ0) is 14.6. The molecule has 1 N–H and O–H groups in total. The lowest BCUT2D eigenvalue weighted by Gasteiger charge is -2.13. The van der Waals surface area contributed by atoms with E-state index in [-0.39, 0.29) is 0 Å². The second kappa shape index (κ2) is 11.7. The summed E-state index contributed by atoms with van der Waals surface area (Å²) in [6.45, 7) is 4.25. The molecule has 0 fully saturated rings. The molecule has 3 nitrogen and oxygen atoms in total. The van der Waals surface area contributed by atoms with Crippen molar-refractivity contribution in [1.29, 1.82) is 0 Å². The van der Waals surface area contributed by atoms with E-state index in [1.807, 2.05) is 6.92 Å². The topological polar surface area (TPSA) is 54.4 Å². The Morgan fingerprint density at radius 1 is 0.737 bits per heavy atom. The van der Waals surface area contributed by atoms with E-state index < -0.39 is 15.4 Å². The highest BCUT2D eigenvalue weighted by Crippen LogP contribution is 2.17. The van der Waals surface area contributed by atoms with Gasteiger partial charge in [-0.2, -0.15) is 8.42 Å². The standard InChI is InChI=1S/C15H32O3S/c1-3-5-7-8-9-10-11-12-14-15(13-6-4-2)19(16,17)18/h15H,3-14H2,1-2H3,(H,16,17,18). The van der Waals surface area contributed by atoms with Crippen LogP contribution in [0.3, 0.4) is 0 Å². The van der Waals surface area contributed by atoms with Crippen LogP contribution in [0.25, 0.3) is 0 Å². The Bertz CT molecular complexity index is 286. The first kappa shape index (κ1) is 18.9. The monoisotopic (exact) mass is 292 g/mol. The predicted octanol–water partition coefficient (Wildman–Crippen LogP) is 4.96. The minimum absolute atomic E-state index is 0.535. The van der Waals surface area contributed by atoms with E-state index in [0.717, 1.165) is 25.7 Å². The highest BCUT2D eigenvalue weighted by atomic mass is 32.2. The van der Waals surface area contributed by atoms with Gasteiger partial charge < -0.3 is 0 Å². The van der Waals surface area contributed by atoms with Crippen LogP contribution >= 0.6 is 0 Å². The van der Waals surface area contributed by atoms with Gasteiger partial charge in [-0.3, -0.25) is 4.55 Å². The maximum Gasteiger partial charge on any atom is 0.267 e. The van der Waals surface area contributed by atoms with Crippen LogP contribution in [-0.2, 0) is 10.1 Å². The molecule has 0 aromatic carbocycles. The van der Waals surface area contributed by atoms with Gasteiger partial charge in [0.15, 0.2) is 0 Å². The summed E-state index contributed by atoms with van der Waals surface area (Å²) in [5.41, 5.74) is 0. The number of unbranched alkanes of at least 4 members (excludes halogenated alkanes) is 8. The largest absolute Gasteiger partial charge is 0.285 e. The van der Waals surface area contributed by atoms with Crippen LogP contribution in [-0.4, -0.2) is 18.2 Å². The Balaban J connectivity index is 3.64. The summed E-state index contributed by atoms with van der Waals surface area (Å²) in [7, 11) is -3.84. The molecule has 0 amide bonds. The van der Waals surface area contributed by atoms with Crippen molar-refractivity contribution in [3.63, 3.8) is 0 Å². The molecule has 0 aliphatic heterocycles. The average molecular weight is 292 g/mol. The van der Waals surface area contributed by atoms with Crippen molar-refractivity contribution < 1.29 is 13.0 Å². The van der Waals surface area contributed by atoms with Crippen LogP contribution in [0.2, 0.25) is 0 Å². The second-order valence-electron chi connectivity index (χ2n) is 5.54. The van der Waals surface area contributed by atoms with E-state index in [1.165, 1.54) is 38.5 Å². The van der Waals surface area contributed by atoms with E-state index in [9.17, 15) is 13.0 Å². The Hall–Kier alpha value is -0.0900. The fraction of sp³-hybridized carbons (Fsp3) is 1.00. The number of hydrogen-bond donors (Lipinski definition) is 1. The van der Waals surface area contributed by atoms with Gasteiger partial charge in [0.2, 0.25) is 0 Å². The zero-order valence-corrected chi connectivity index (χ0v) is 13.6. The molecule has 0 saturated carbocycles. The minimum atomic E-state index is -3.84. The highest BCUT2D eigenvalue weighted by molar-refractivity contribution is 7.86. The van der Waals surface area contributed by atoms with Crippen molar-refractivity contribution in [3.05, 3.63) is 0 Å². The first-order valence-corrected chi connectivity index (χ1v) is 9.49. The smallest absolute Gasteiger partial charge is 0.267 e. The van der Waals surface area contributed by atoms with Crippen LogP contribution in [0.5, 0.6) is 0 Å². The van der Waals surface area contributed by atoms with E-state index in [1.54, 1.807) is 0 Å². The lowest BCUT2D eigenvalue weighted by Crippen LogP contribution is -2.20. The number of hydrogen-bond acceptors (Lipinski definition) is 2. The van der Waals surface area contributed by atoms with Crippen LogP contribution in [0.1, 0.15) is 90.9 Å². The first-order valence-electron chi connectivity index (χ1n) is 7.98. The molecule has 19 heavy (non-hydrogen) atoms. The first-order chi connectivity index (χ1) is 9.02. The summed E-state index contributed by atoms with van der Waals surface area (Å²) in [5.74, 6) is 0. The molecule has 0 radical (unpaired) electrons. The molecule has 0 saturated heterocycles. The Kier molecular flexibility index (Phi) is 11.7. The van der Waals surface area contributed by atoms with Gasteiger partial charge in [-0.15, -0.1) is 0 Å². The molecule has 1 unspecified atom stereocenters. The van der Waals surface area contributed by atoms with Crippen LogP contribution < -0.4 is 0 Å². The highest BCUT2D eigenvalue weighted by Gasteiger charge is 2.21. The molecule has 4 heteroatoms. The predicted molar refractivity (Wildman–Crippen MR) is 82.1 cm³/mol. The quantitative estimate of drug-likeness (QED) is 0.385. The van der Waals surface area contributed by atoms with Gasteiger partial charge in [0, 0.05) is 0 Å². The third kappa shape index (κ3) is 11.4. The summed E-state index contributed by atoms with van der Waals surface area (Å²) in [6.07, 6.45) is 12.7. The Morgan fingerprint density at radius 3 is 1.63 bits per heavy atom. The fourth-order valence-corrected chi connectivity index (χ4v) is 3.31. The van der Waals surface area contributed by atoms with Crippen LogP contribution in [0.4, 0.5) is 0 Å². The van der Waals surface area contributed by atoms with Crippen molar-refractivity contribution in [2.75, 3.05) is 0 Å². The second-order valence-corrected chi connectivity index (χ2v) is 7.24. The third-order valence-electron chi connectivity index (χ3n) is 3.68. The molecular weight excluding hydrogens is 260 g/mol. The molecule has 0 aliphatic carbocycles. The van der Waals surface area contributed by atoms with E-state index >= 15 is 0 Å². The molecule has 0 aromatic heterocycles. The molecule has 0 aliphatic rings. The maximum absolute atomic E-state index is 11.2. The van der Waals surface area contributed by atoms with Crippen molar-refractivity contribution in [3.8, 4) is 0 Å². The number of rotatable bonds is 13. The molecule has 0 bridgehead atoms. The van der Waals surface area contributed by atoms with Crippen molar-refractivity contribution >= 4 is 10.1 Å². The molecule has 0 spiro atoms. The zero-order valence-electron chi connectivity index (χ0n) is 12.7. The lowest BCUT2D eigenvalue weighted by atomic mass is 10.0. The van der Waals surface area contributed by atoms with Crippen LogP contribution in [0.15, 0.2) is 0 Å².